The van der Waals surface area contributed by atoms with Crippen molar-refractivity contribution in [3.05, 3.63) is 33.4 Å². The number of nitrogens with zero attached hydrogens (tertiary/aromatic N) is 1. The van der Waals surface area contributed by atoms with Crippen molar-refractivity contribution in [3.63, 3.8) is 0 Å². The molecule has 0 saturated carbocycles. The van der Waals surface area contributed by atoms with Crippen molar-refractivity contribution in [2.24, 2.45) is 0 Å². The first-order valence-electron chi connectivity index (χ1n) is 7.02. The Morgan fingerprint density at radius 3 is 1.65 bits per heavy atom. The molecule has 0 saturated heterocycles. The van der Waals surface area contributed by atoms with Crippen molar-refractivity contribution in [3.8, 4) is 0 Å². The molecule has 0 fully saturated rings. The van der Waals surface area contributed by atoms with E-state index in [9.17, 15) is 9.90 Å². The standard InChI is InChI=1S/C17H27NO2/c1-10-11(2)13(4)15(14(5)12(10)3)16(20)18(8)17(6,7)9-19/h19H,9H2,1-8H3. The van der Waals surface area contributed by atoms with Crippen molar-refractivity contribution in [1.29, 1.82) is 0 Å². The van der Waals surface area contributed by atoms with E-state index in [2.05, 4.69) is 20.8 Å². The summed E-state index contributed by atoms with van der Waals surface area (Å²) in [6.07, 6.45) is 0. The van der Waals surface area contributed by atoms with Crippen molar-refractivity contribution >= 4 is 5.91 Å². The van der Waals surface area contributed by atoms with E-state index in [-0.39, 0.29) is 12.5 Å². The Hall–Kier alpha value is -1.35. The van der Waals surface area contributed by atoms with Crippen molar-refractivity contribution in [2.75, 3.05) is 13.7 Å². The van der Waals surface area contributed by atoms with E-state index in [1.54, 1.807) is 11.9 Å². The predicted octanol–water partition coefficient (Wildman–Crippen LogP) is 3.07. The molecule has 1 rings (SSSR count). The predicted molar refractivity (Wildman–Crippen MR) is 83.4 cm³/mol. The van der Waals surface area contributed by atoms with Gasteiger partial charge in [-0.15, -0.1) is 0 Å². The van der Waals surface area contributed by atoms with Crippen LogP contribution in [-0.4, -0.2) is 35.1 Å². The summed E-state index contributed by atoms with van der Waals surface area (Å²) in [5, 5.41) is 9.46. The van der Waals surface area contributed by atoms with Gasteiger partial charge in [0.15, 0.2) is 0 Å². The number of amides is 1. The molecule has 1 aromatic rings. The molecule has 112 valence electrons. The maximum atomic E-state index is 12.8. The Kier molecular flexibility index (Phi) is 4.65. The second kappa shape index (κ2) is 5.57. The van der Waals surface area contributed by atoms with Crippen LogP contribution in [0.5, 0.6) is 0 Å². The Morgan fingerprint density at radius 2 is 1.30 bits per heavy atom. The fraction of sp³-hybridized carbons (Fsp3) is 0.588. The van der Waals surface area contributed by atoms with Crippen LogP contribution in [0, 0.1) is 34.6 Å². The summed E-state index contributed by atoms with van der Waals surface area (Å²) in [7, 11) is 1.75. The summed E-state index contributed by atoms with van der Waals surface area (Å²) < 4.78 is 0. The third-order valence-corrected chi connectivity index (χ3v) is 4.81. The molecule has 0 bridgehead atoms. The number of aliphatic hydroxyl groups is 1. The van der Waals surface area contributed by atoms with Gasteiger partial charge in [0.05, 0.1) is 12.1 Å². The number of benzene rings is 1. The fourth-order valence-corrected chi connectivity index (χ4v) is 2.37. The maximum absolute atomic E-state index is 12.8. The SMILES string of the molecule is Cc1c(C)c(C)c(C(=O)N(C)C(C)(C)CO)c(C)c1C. The molecule has 0 aliphatic heterocycles. The average molecular weight is 277 g/mol. The summed E-state index contributed by atoms with van der Waals surface area (Å²) in [4.78, 5) is 14.5. The molecule has 20 heavy (non-hydrogen) atoms. The van der Waals surface area contributed by atoms with Gasteiger partial charge in [-0.25, -0.2) is 0 Å². The first kappa shape index (κ1) is 16.7. The van der Waals surface area contributed by atoms with Crippen LogP contribution in [0.15, 0.2) is 0 Å². The van der Waals surface area contributed by atoms with E-state index in [4.69, 9.17) is 0 Å². The molecule has 0 heterocycles. The van der Waals surface area contributed by atoms with Crippen molar-refractivity contribution < 1.29 is 9.90 Å². The first-order valence-corrected chi connectivity index (χ1v) is 7.02. The number of likely N-dealkylation sites (N-methyl/N-ethyl adjacent to an activating group) is 1. The minimum absolute atomic E-state index is 0.0229. The number of carbonyl (C=O) groups excluding carboxylic acids is 1. The molecule has 0 unspecified atom stereocenters. The number of hydrogen-bond acceptors (Lipinski definition) is 2. The van der Waals surface area contributed by atoms with E-state index in [1.165, 1.54) is 16.7 Å². The highest BCUT2D eigenvalue weighted by atomic mass is 16.3. The Morgan fingerprint density at radius 1 is 0.950 bits per heavy atom. The second-order valence-electron chi connectivity index (χ2n) is 6.33. The van der Waals surface area contributed by atoms with Gasteiger partial charge in [-0.3, -0.25) is 4.79 Å². The molecule has 0 atom stereocenters. The second-order valence-corrected chi connectivity index (χ2v) is 6.33. The van der Waals surface area contributed by atoms with Gasteiger partial charge in [0, 0.05) is 12.6 Å². The van der Waals surface area contributed by atoms with E-state index >= 15 is 0 Å². The number of hydrogen-bond donors (Lipinski definition) is 1. The zero-order chi connectivity index (χ0) is 15.8. The van der Waals surface area contributed by atoms with Crippen molar-refractivity contribution in [1.82, 2.24) is 4.90 Å². The average Bonchev–Trinajstić information content (AvgIpc) is 2.42. The van der Waals surface area contributed by atoms with E-state index in [1.807, 2.05) is 27.7 Å². The molecule has 3 nitrogen and oxygen atoms in total. The van der Waals surface area contributed by atoms with Gasteiger partial charge in [-0.2, -0.15) is 0 Å². The molecule has 1 aromatic carbocycles. The van der Waals surface area contributed by atoms with E-state index < -0.39 is 5.54 Å². The fourth-order valence-electron chi connectivity index (χ4n) is 2.37. The van der Waals surface area contributed by atoms with Crippen LogP contribution in [0.2, 0.25) is 0 Å². The molecule has 1 N–H and O–H groups in total. The van der Waals surface area contributed by atoms with Crippen LogP contribution in [0.25, 0.3) is 0 Å². The largest absolute Gasteiger partial charge is 0.394 e. The Balaban J connectivity index is 3.45. The van der Waals surface area contributed by atoms with Gasteiger partial charge in [0.2, 0.25) is 0 Å². The zero-order valence-corrected chi connectivity index (χ0v) is 14.0. The summed E-state index contributed by atoms with van der Waals surface area (Å²) in [6.45, 7) is 13.9. The minimum Gasteiger partial charge on any atom is -0.394 e. The summed E-state index contributed by atoms with van der Waals surface area (Å²) in [6, 6.07) is 0. The quantitative estimate of drug-likeness (QED) is 0.922. The first-order chi connectivity index (χ1) is 9.06. The van der Waals surface area contributed by atoms with Gasteiger partial charge in [0.25, 0.3) is 5.91 Å². The lowest BCUT2D eigenvalue weighted by molar-refractivity contribution is 0.0471. The van der Waals surface area contributed by atoms with Gasteiger partial charge >= 0.3 is 0 Å². The van der Waals surface area contributed by atoms with Crippen LogP contribution in [0.4, 0.5) is 0 Å². The number of aliphatic hydroxyl groups excluding tert-OH is 1. The van der Waals surface area contributed by atoms with Crippen LogP contribution in [0.1, 0.15) is 52.0 Å². The third-order valence-electron chi connectivity index (χ3n) is 4.81. The molecular formula is C17H27NO2. The molecule has 0 spiro atoms. The molecule has 3 heteroatoms. The Bertz CT molecular complexity index is 515. The maximum Gasteiger partial charge on any atom is 0.254 e. The highest BCUT2D eigenvalue weighted by Crippen LogP contribution is 2.28. The number of carbonyl (C=O) groups is 1. The highest BCUT2D eigenvalue weighted by molar-refractivity contribution is 5.98. The molecule has 0 aromatic heterocycles. The normalized spacial score (nSPS) is 11.7. The lowest BCUT2D eigenvalue weighted by atomic mass is 9.88. The van der Waals surface area contributed by atoms with Gasteiger partial charge in [-0.05, 0) is 76.3 Å². The molecule has 1 amide bonds. The van der Waals surface area contributed by atoms with Gasteiger partial charge in [-0.1, -0.05) is 0 Å². The van der Waals surface area contributed by atoms with Gasteiger partial charge in [0.1, 0.15) is 0 Å². The minimum atomic E-state index is -0.567. The monoisotopic (exact) mass is 277 g/mol. The molecule has 0 aliphatic carbocycles. The van der Waals surface area contributed by atoms with Crippen molar-refractivity contribution in [2.45, 2.75) is 54.0 Å². The topological polar surface area (TPSA) is 40.5 Å². The lowest BCUT2D eigenvalue weighted by Crippen LogP contribution is -2.48. The number of rotatable bonds is 3. The van der Waals surface area contributed by atoms with Crippen LogP contribution in [0.3, 0.4) is 0 Å². The third kappa shape index (κ3) is 2.59. The molecular weight excluding hydrogens is 250 g/mol. The van der Waals surface area contributed by atoms with Gasteiger partial charge < -0.3 is 10.0 Å². The van der Waals surface area contributed by atoms with Crippen LogP contribution >= 0.6 is 0 Å². The van der Waals surface area contributed by atoms with E-state index in [0.717, 1.165) is 16.7 Å². The smallest absolute Gasteiger partial charge is 0.254 e. The Labute approximate surface area is 122 Å². The zero-order valence-electron chi connectivity index (χ0n) is 14.0. The summed E-state index contributed by atoms with van der Waals surface area (Å²) in [5.74, 6) is -0.0229. The van der Waals surface area contributed by atoms with Crippen LogP contribution in [-0.2, 0) is 0 Å². The summed E-state index contributed by atoms with van der Waals surface area (Å²) in [5.41, 5.74) is 5.88. The highest BCUT2D eigenvalue weighted by Gasteiger charge is 2.30. The molecule has 0 aliphatic rings. The lowest BCUT2D eigenvalue weighted by Gasteiger charge is -2.35. The van der Waals surface area contributed by atoms with Crippen LogP contribution < -0.4 is 0 Å². The molecule has 0 radical (unpaired) electrons. The summed E-state index contributed by atoms with van der Waals surface area (Å²) >= 11 is 0. The van der Waals surface area contributed by atoms with E-state index in [0.29, 0.717) is 0 Å².